The maximum Gasteiger partial charge on any atom is 0.454 e. The Balaban J connectivity index is 2.75. The fourth-order valence-corrected chi connectivity index (χ4v) is 1.32. The summed E-state index contributed by atoms with van der Waals surface area (Å²) in [5, 5.41) is 2.04. The van der Waals surface area contributed by atoms with Crippen LogP contribution in [0.4, 0.5) is 22.0 Å². The van der Waals surface area contributed by atoms with Gasteiger partial charge >= 0.3 is 12.1 Å². The minimum atomic E-state index is -5.46. The van der Waals surface area contributed by atoms with Gasteiger partial charge in [0, 0.05) is 0 Å². The normalized spacial score (nSPS) is 21.7. The van der Waals surface area contributed by atoms with Crippen LogP contribution >= 0.6 is 0 Å². The largest absolute Gasteiger partial charge is 0.454 e. The van der Waals surface area contributed by atoms with Crippen molar-refractivity contribution in [3.8, 4) is 0 Å². The summed E-state index contributed by atoms with van der Waals surface area (Å²) in [7, 11) is 1.13. The Kier molecular flexibility index (Phi) is 2.53. The molecule has 0 aromatic rings. The number of hydrogen-bond donors (Lipinski definition) is 1. The first-order chi connectivity index (χ1) is 5.80. The fourth-order valence-electron chi connectivity index (χ4n) is 1.32. The Morgan fingerprint density at radius 2 is 1.62 bits per heavy atom. The van der Waals surface area contributed by atoms with Gasteiger partial charge in [-0.1, -0.05) is 0 Å². The van der Waals surface area contributed by atoms with E-state index in [2.05, 4.69) is 0 Å². The van der Waals surface area contributed by atoms with Gasteiger partial charge in [-0.05, 0) is 25.8 Å². The van der Waals surface area contributed by atoms with E-state index in [1.807, 2.05) is 5.32 Å². The third-order valence-corrected chi connectivity index (χ3v) is 2.17. The van der Waals surface area contributed by atoms with Gasteiger partial charge in [0.2, 0.25) is 0 Å². The molecule has 6 heteroatoms. The van der Waals surface area contributed by atoms with Crippen LogP contribution in [0.1, 0.15) is 12.8 Å². The number of alkyl halides is 5. The fraction of sp³-hybridized carbons (Fsp3) is 1.00. The first kappa shape index (κ1) is 10.7. The monoisotopic (exact) mass is 203 g/mol. The van der Waals surface area contributed by atoms with Crippen molar-refractivity contribution >= 4 is 0 Å². The Morgan fingerprint density at radius 3 is 1.85 bits per heavy atom. The van der Waals surface area contributed by atoms with E-state index >= 15 is 0 Å². The van der Waals surface area contributed by atoms with Gasteiger partial charge in [0.1, 0.15) is 0 Å². The van der Waals surface area contributed by atoms with Crippen molar-refractivity contribution in [1.29, 1.82) is 0 Å². The Bertz CT molecular complexity index is 184. The molecule has 0 aromatic carbocycles. The lowest BCUT2D eigenvalue weighted by molar-refractivity contribution is -0.294. The second-order valence-corrected chi connectivity index (χ2v) is 3.22. The smallest absolute Gasteiger partial charge is 0.311 e. The van der Waals surface area contributed by atoms with Crippen LogP contribution in [0.2, 0.25) is 0 Å². The van der Waals surface area contributed by atoms with Crippen molar-refractivity contribution in [2.45, 2.75) is 31.0 Å². The zero-order chi connectivity index (χ0) is 10.3. The van der Waals surface area contributed by atoms with Crippen LogP contribution in [0.25, 0.3) is 0 Å². The van der Waals surface area contributed by atoms with Crippen LogP contribution in [0.3, 0.4) is 0 Å². The van der Waals surface area contributed by atoms with Crippen molar-refractivity contribution in [1.82, 2.24) is 5.32 Å². The van der Waals surface area contributed by atoms with Gasteiger partial charge in [-0.3, -0.25) is 0 Å². The maximum atomic E-state index is 12.7. The summed E-state index contributed by atoms with van der Waals surface area (Å²) in [5.74, 6) is -5.16. The van der Waals surface area contributed by atoms with Crippen LogP contribution in [-0.2, 0) is 0 Å². The molecule has 0 heterocycles. The van der Waals surface area contributed by atoms with E-state index < -0.39 is 24.1 Å². The summed E-state index contributed by atoms with van der Waals surface area (Å²) >= 11 is 0. The van der Waals surface area contributed by atoms with Crippen molar-refractivity contribution in [3.63, 3.8) is 0 Å². The molecule has 0 saturated heterocycles. The zero-order valence-electron chi connectivity index (χ0n) is 6.96. The van der Waals surface area contributed by atoms with Crippen molar-refractivity contribution < 1.29 is 22.0 Å². The lowest BCUT2D eigenvalue weighted by atomic mass is 10.1. The third kappa shape index (κ3) is 1.92. The molecule has 1 aliphatic carbocycles. The Hall–Kier alpha value is -0.390. The molecule has 0 spiro atoms. The molecule has 1 rings (SSSR count). The molecule has 13 heavy (non-hydrogen) atoms. The highest BCUT2D eigenvalue weighted by atomic mass is 19.4. The molecule has 1 unspecified atom stereocenters. The molecule has 1 atom stereocenters. The molecule has 1 saturated carbocycles. The number of nitrogens with one attached hydrogen (secondary N) is 1. The average Bonchev–Trinajstić information content (AvgIpc) is 2.69. The van der Waals surface area contributed by atoms with Crippen molar-refractivity contribution in [3.05, 3.63) is 0 Å². The first-order valence-corrected chi connectivity index (χ1v) is 3.92. The molecular formula is C7H10F5N. The molecule has 0 aliphatic heterocycles. The van der Waals surface area contributed by atoms with Gasteiger partial charge in [0.25, 0.3) is 0 Å². The lowest BCUT2D eigenvalue weighted by Gasteiger charge is -2.28. The van der Waals surface area contributed by atoms with Crippen LogP contribution < -0.4 is 5.32 Å². The topological polar surface area (TPSA) is 12.0 Å². The van der Waals surface area contributed by atoms with Crippen molar-refractivity contribution in [2.75, 3.05) is 7.05 Å². The van der Waals surface area contributed by atoms with Gasteiger partial charge in [0.05, 0.1) is 6.04 Å². The molecule has 1 nitrogen and oxygen atoms in total. The van der Waals surface area contributed by atoms with Crippen LogP contribution in [-0.4, -0.2) is 25.2 Å². The molecule has 0 bridgehead atoms. The van der Waals surface area contributed by atoms with Gasteiger partial charge in [-0.2, -0.15) is 22.0 Å². The van der Waals surface area contributed by atoms with Gasteiger partial charge in [0.15, 0.2) is 0 Å². The van der Waals surface area contributed by atoms with Crippen LogP contribution in [0, 0.1) is 5.92 Å². The zero-order valence-corrected chi connectivity index (χ0v) is 6.96. The highest BCUT2D eigenvalue weighted by Crippen LogP contribution is 2.46. The van der Waals surface area contributed by atoms with E-state index in [1.54, 1.807) is 0 Å². The Morgan fingerprint density at radius 1 is 1.15 bits per heavy atom. The van der Waals surface area contributed by atoms with Gasteiger partial charge in [-0.15, -0.1) is 0 Å². The molecule has 78 valence electrons. The van der Waals surface area contributed by atoms with E-state index in [-0.39, 0.29) is 0 Å². The maximum absolute atomic E-state index is 12.7. The first-order valence-electron chi connectivity index (χ1n) is 3.92. The molecule has 1 fully saturated rings. The Labute approximate surface area is 72.3 Å². The van der Waals surface area contributed by atoms with Gasteiger partial charge < -0.3 is 5.32 Å². The summed E-state index contributed by atoms with van der Waals surface area (Å²) in [6.45, 7) is 0. The molecular weight excluding hydrogens is 193 g/mol. The van der Waals surface area contributed by atoms with Crippen LogP contribution in [0.15, 0.2) is 0 Å². The third-order valence-electron chi connectivity index (χ3n) is 2.17. The number of halogens is 5. The average molecular weight is 203 g/mol. The summed E-state index contributed by atoms with van der Waals surface area (Å²) in [5.41, 5.74) is 0. The molecule has 1 aliphatic rings. The highest BCUT2D eigenvalue weighted by Gasteiger charge is 2.64. The van der Waals surface area contributed by atoms with E-state index in [4.69, 9.17) is 0 Å². The second kappa shape index (κ2) is 3.08. The van der Waals surface area contributed by atoms with Gasteiger partial charge in [-0.25, -0.2) is 0 Å². The lowest BCUT2D eigenvalue weighted by Crippen LogP contribution is -2.54. The number of hydrogen-bond acceptors (Lipinski definition) is 1. The minimum absolute atomic E-state index is 0.442. The van der Waals surface area contributed by atoms with E-state index in [0.29, 0.717) is 12.8 Å². The summed E-state index contributed by atoms with van der Waals surface area (Å²) in [6.07, 6.45) is -4.57. The number of rotatable bonds is 3. The minimum Gasteiger partial charge on any atom is -0.311 e. The molecule has 1 N–H and O–H groups in total. The van der Waals surface area contributed by atoms with Crippen LogP contribution in [0.5, 0.6) is 0 Å². The molecule has 0 amide bonds. The SMILES string of the molecule is CNC(C1CC1)C(F)(F)C(F)(F)F. The van der Waals surface area contributed by atoms with E-state index in [9.17, 15) is 22.0 Å². The van der Waals surface area contributed by atoms with E-state index in [1.165, 1.54) is 0 Å². The summed E-state index contributed by atoms with van der Waals surface area (Å²) < 4.78 is 61.0. The summed E-state index contributed by atoms with van der Waals surface area (Å²) in [4.78, 5) is 0. The standard InChI is InChI=1S/C7H10F5N/c1-13-5(4-2-3-4)6(8,9)7(10,11)12/h4-5,13H,2-3H2,1H3. The molecule has 0 radical (unpaired) electrons. The predicted molar refractivity (Wildman–Crippen MR) is 36.6 cm³/mol. The highest BCUT2D eigenvalue weighted by molar-refractivity contribution is 4.98. The predicted octanol–water partition coefficient (Wildman–Crippen LogP) is 2.18. The second-order valence-electron chi connectivity index (χ2n) is 3.22. The molecule has 0 aromatic heterocycles. The van der Waals surface area contributed by atoms with E-state index in [0.717, 1.165) is 7.05 Å². The summed E-state index contributed by atoms with van der Waals surface area (Å²) in [6, 6.07) is -1.77. The quantitative estimate of drug-likeness (QED) is 0.693. The van der Waals surface area contributed by atoms with Crippen molar-refractivity contribution in [2.24, 2.45) is 5.92 Å².